The standard InChI is InChI=1S/C32H36N2O4/c1-18-8-7-9-23-15-19(2)21(4)29-26(16-22-17-33-25-11-6-5-10-24(22)25)34-31(38)32(23,29)28(36)13-12-27(35)30(37)20(3)14-18/h5-7,9-11,14-15,17-18,21,23,26,29,33H,8,12-13,16H2,1-4H3,(H,34,38)/t18-,21+,23-,26-,29-,32+/m0/s1. The van der Waals surface area contributed by atoms with Crippen molar-refractivity contribution in [1.29, 1.82) is 0 Å². The third kappa shape index (κ3) is 4.20. The van der Waals surface area contributed by atoms with Crippen LogP contribution in [0.1, 0.15) is 52.5 Å². The molecular formula is C32H36N2O4. The van der Waals surface area contributed by atoms with Crippen molar-refractivity contribution in [2.75, 3.05) is 0 Å². The number of fused-ring (bicyclic) bond motifs is 1. The molecule has 0 bridgehead atoms. The van der Waals surface area contributed by atoms with Crippen LogP contribution in [0.2, 0.25) is 0 Å². The molecule has 198 valence electrons. The summed E-state index contributed by atoms with van der Waals surface area (Å²) in [6.07, 6.45) is 10.9. The molecule has 1 fully saturated rings. The van der Waals surface area contributed by atoms with Crippen molar-refractivity contribution in [2.24, 2.45) is 29.1 Å². The first-order valence-corrected chi connectivity index (χ1v) is 13.6. The fourth-order valence-corrected chi connectivity index (χ4v) is 7.01. The summed E-state index contributed by atoms with van der Waals surface area (Å²) in [5.41, 5.74) is 2.40. The highest BCUT2D eigenvalue weighted by atomic mass is 16.2. The molecule has 2 aliphatic carbocycles. The first-order chi connectivity index (χ1) is 18.1. The van der Waals surface area contributed by atoms with Crippen LogP contribution in [0.3, 0.4) is 0 Å². The molecule has 38 heavy (non-hydrogen) atoms. The molecular weight excluding hydrogens is 476 g/mol. The van der Waals surface area contributed by atoms with Crippen LogP contribution in [0.15, 0.2) is 65.9 Å². The van der Waals surface area contributed by atoms with Crippen molar-refractivity contribution in [1.82, 2.24) is 10.3 Å². The lowest BCUT2D eigenvalue weighted by atomic mass is 9.54. The molecule has 1 spiro atoms. The summed E-state index contributed by atoms with van der Waals surface area (Å²) in [7, 11) is 0. The van der Waals surface area contributed by atoms with E-state index < -0.39 is 22.9 Å². The molecule has 1 aromatic carbocycles. The minimum absolute atomic E-state index is 0.00592. The number of carbonyl (C=O) groups is 4. The van der Waals surface area contributed by atoms with Crippen molar-refractivity contribution in [3.63, 3.8) is 0 Å². The molecule has 2 aromatic rings. The van der Waals surface area contributed by atoms with Crippen LogP contribution >= 0.6 is 0 Å². The summed E-state index contributed by atoms with van der Waals surface area (Å²) < 4.78 is 0. The lowest BCUT2D eigenvalue weighted by Crippen LogP contribution is -2.52. The predicted octanol–water partition coefficient (Wildman–Crippen LogP) is 5.05. The summed E-state index contributed by atoms with van der Waals surface area (Å²) in [6.45, 7) is 7.83. The molecule has 0 unspecified atom stereocenters. The zero-order valence-electron chi connectivity index (χ0n) is 22.5. The molecule has 5 rings (SSSR count). The van der Waals surface area contributed by atoms with Gasteiger partial charge in [-0.2, -0.15) is 0 Å². The van der Waals surface area contributed by atoms with Gasteiger partial charge in [0.05, 0.1) is 0 Å². The van der Waals surface area contributed by atoms with Gasteiger partial charge in [-0.3, -0.25) is 19.2 Å². The van der Waals surface area contributed by atoms with Gasteiger partial charge in [0.15, 0.2) is 0 Å². The Kier molecular flexibility index (Phi) is 6.84. The highest BCUT2D eigenvalue weighted by Gasteiger charge is 2.65. The van der Waals surface area contributed by atoms with Crippen LogP contribution in [0.4, 0.5) is 0 Å². The van der Waals surface area contributed by atoms with Crippen LogP contribution < -0.4 is 5.32 Å². The molecule has 6 atom stereocenters. The molecule has 2 N–H and O–H groups in total. The fraction of sp³-hybridized carbons (Fsp3) is 0.438. The Morgan fingerprint density at radius 3 is 2.55 bits per heavy atom. The van der Waals surface area contributed by atoms with E-state index >= 15 is 0 Å². The van der Waals surface area contributed by atoms with E-state index in [4.69, 9.17) is 0 Å². The van der Waals surface area contributed by atoms with Crippen molar-refractivity contribution in [2.45, 2.75) is 59.4 Å². The summed E-state index contributed by atoms with van der Waals surface area (Å²) in [6, 6.07) is 7.84. The van der Waals surface area contributed by atoms with Gasteiger partial charge in [0.1, 0.15) is 11.2 Å². The second-order valence-corrected chi connectivity index (χ2v) is 11.4. The Hall–Kier alpha value is -3.54. The van der Waals surface area contributed by atoms with E-state index in [0.29, 0.717) is 18.4 Å². The second kappa shape index (κ2) is 9.97. The van der Waals surface area contributed by atoms with Crippen LogP contribution in [-0.4, -0.2) is 34.3 Å². The number of H-pyrrole nitrogens is 1. The van der Waals surface area contributed by atoms with Gasteiger partial charge in [0, 0.05) is 47.8 Å². The van der Waals surface area contributed by atoms with E-state index in [9.17, 15) is 19.2 Å². The second-order valence-electron chi connectivity index (χ2n) is 11.4. The number of Topliss-reactive ketones (excluding diaryl/α,β-unsaturated/α-hetero) is 3. The number of amides is 1. The lowest BCUT2D eigenvalue weighted by Gasteiger charge is -2.44. The van der Waals surface area contributed by atoms with Gasteiger partial charge in [0.2, 0.25) is 17.5 Å². The highest BCUT2D eigenvalue weighted by Crippen LogP contribution is 2.55. The Bertz CT molecular complexity index is 1410. The minimum Gasteiger partial charge on any atom is -0.361 e. The van der Waals surface area contributed by atoms with Gasteiger partial charge in [-0.05, 0) is 55.7 Å². The van der Waals surface area contributed by atoms with Gasteiger partial charge in [0.25, 0.3) is 0 Å². The van der Waals surface area contributed by atoms with E-state index in [1.54, 1.807) is 6.92 Å². The van der Waals surface area contributed by atoms with Gasteiger partial charge in [-0.1, -0.05) is 61.9 Å². The Morgan fingerprint density at radius 1 is 1.00 bits per heavy atom. The molecule has 3 aliphatic rings. The molecule has 0 saturated carbocycles. The van der Waals surface area contributed by atoms with E-state index in [-0.39, 0.29) is 48.3 Å². The number of allylic oxidation sites excluding steroid dienone is 6. The number of hydrogen-bond donors (Lipinski definition) is 2. The van der Waals surface area contributed by atoms with Gasteiger partial charge in [-0.25, -0.2) is 0 Å². The van der Waals surface area contributed by atoms with Gasteiger partial charge < -0.3 is 10.3 Å². The maximum absolute atomic E-state index is 14.2. The minimum atomic E-state index is -1.31. The maximum Gasteiger partial charge on any atom is 0.235 e. The molecule has 1 aliphatic heterocycles. The number of rotatable bonds is 2. The van der Waals surface area contributed by atoms with Gasteiger partial charge >= 0.3 is 0 Å². The fourth-order valence-electron chi connectivity index (χ4n) is 7.01. The Morgan fingerprint density at radius 2 is 1.76 bits per heavy atom. The zero-order valence-corrected chi connectivity index (χ0v) is 22.5. The molecule has 6 heteroatoms. The number of ketones is 3. The van der Waals surface area contributed by atoms with E-state index in [1.165, 1.54) is 0 Å². The monoisotopic (exact) mass is 512 g/mol. The predicted molar refractivity (Wildman–Crippen MR) is 147 cm³/mol. The number of para-hydroxylation sites is 1. The van der Waals surface area contributed by atoms with Crippen molar-refractivity contribution < 1.29 is 19.2 Å². The molecule has 6 nitrogen and oxygen atoms in total. The number of aromatic nitrogens is 1. The van der Waals surface area contributed by atoms with E-state index in [2.05, 4.69) is 36.3 Å². The smallest absolute Gasteiger partial charge is 0.235 e. The molecule has 2 heterocycles. The maximum atomic E-state index is 14.2. The summed E-state index contributed by atoms with van der Waals surface area (Å²) >= 11 is 0. The number of carbonyl (C=O) groups excluding carboxylic acids is 4. The molecule has 1 amide bonds. The van der Waals surface area contributed by atoms with Crippen LogP contribution in [0.25, 0.3) is 10.9 Å². The first kappa shape index (κ1) is 26.1. The number of benzene rings is 1. The highest BCUT2D eigenvalue weighted by molar-refractivity contribution is 6.43. The third-order valence-corrected chi connectivity index (χ3v) is 9.03. The van der Waals surface area contributed by atoms with Crippen molar-refractivity contribution in [3.8, 4) is 0 Å². The normalized spacial score (nSPS) is 32.5. The summed E-state index contributed by atoms with van der Waals surface area (Å²) in [5, 5.41) is 4.34. The SMILES string of the molecule is CC1=C[C@@H](C)CC=C[C@H]2C=C(C)[C@@H](C)[C@H]3[C@H](Cc4c[nH]c5ccccc45)NC(=O)[C@@]23C(=O)CCC(=O)C1=O. The molecule has 1 aromatic heterocycles. The van der Waals surface area contributed by atoms with Crippen LogP contribution in [-0.2, 0) is 25.6 Å². The quantitative estimate of drug-likeness (QED) is 0.334. The number of hydrogen-bond acceptors (Lipinski definition) is 4. The zero-order chi connectivity index (χ0) is 27.2. The molecule has 1 saturated heterocycles. The van der Waals surface area contributed by atoms with Crippen molar-refractivity contribution in [3.05, 3.63) is 71.5 Å². The number of aromatic amines is 1. The molecule has 0 radical (unpaired) electrons. The van der Waals surface area contributed by atoms with Crippen LogP contribution in [0, 0.1) is 29.1 Å². The van der Waals surface area contributed by atoms with Crippen LogP contribution in [0.5, 0.6) is 0 Å². The van der Waals surface area contributed by atoms with E-state index in [1.807, 2.05) is 49.5 Å². The summed E-state index contributed by atoms with van der Waals surface area (Å²) in [4.78, 5) is 56.9. The third-order valence-electron chi connectivity index (χ3n) is 9.03. The van der Waals surface area contributed by atoms with E-state index in [0.717, 1.165) is 22.0 Å². The van der Waals surface area contributed by atoms with Gasteiger partial charge in [-0.15, -0.1) is 0 Å². The first-order valence-electron chi connectivity index (χ1n) is 13.6. The Labute approximate surface area is 223 Å². The average Bonchev–Trinajstić information content (AvgIpc) is 3.43. The lowest BCUT2D eigenvalue weighted by molar-refractivity contribution is -0.146. The van der Waals surface area contributed by atoms with Crippen molar-refractivity contribution >= 4 is 34.2 Å². The average molecular weight is 513 g/mol. The summed E-state index contributed by atoms with van der Waals surface area (Å²) in [5.74, 6) is -2.27. The largest absolute Gasteiger partial charge is 0.361 e. The Balaban J connectivity index is 1.58. The number of nitrogens with one attached hydrogen (secondary N) is 2. The topological polar surface area (TPSA) is 96.1 Å².